The Morgan fingerprint density at radius 2 is 2.09 bits per heavy atom. The van der Waals surface area contributed by atoms with Gasteiger partial charge in [-0.25, -0.2) is 0 Å². The van der Waals surface area contributed by atoms with Crippen molar-refractivity contribution in [2.24, 2.45) is 28.6 Å². The first-order valence-corrected chi connectivity index (χ1v) is 9.10. The minimum Gasteiger partial charge on any atom is -0.481 e. The van der Waals surface area contributed by atoms with Crippen LogP contribution in [0.25, 0.3) is 0 Å². The average molecular weight is 306 g/mol. The lowest BCUT2D eigenvalue weighted by molar-refractivity contribution is -0.138. The van der Waals surface area contributed by atoms with Gasteiger partial charge in [-0.1, -0.05) is 39.8 Å². The summed E-state index contributed by atoms with van der Waals surface area (Å²) in [6.07, 6.45) is 8.89. The molecular formula is C20H34O2. The number of carboxylic acid groups (broad SMARTS) is 1. The van der Waals surface area contributed by atoms with E-state index in [1.165, 1.54) is 37.7 Å². The van der Waals surface area contributed by atoms with E-state index >= 15 is 0 Å². The van der Waals surface area contributed by atoms with Crippen LogP contribution in [0.15, 0.2) is 12.2 Å². The van der Waals surface area contributed by atoms with Crippen LogP contribution in [0.4, 0.5) is 0 Å². The molecule has 22 heavy (non-hydrogen) atoms. The van der Waals surface area contributed by atoms with Gasteiger partial charge in [-0.05, 0) is 73.5 Å². The first kappa shape index (κ1) is 17.6. The van der Waals surface area contributed by atoms with Crippen LogP contribution in [-0.2, 0) is 4.79 Å². The third-order valence-corrected chi connectivity index (χ3v) is 7.27. The van der Waals surface area contributed by atoms with E-state index in [2.05, 4.69) is 34.3 Å². The molecule has 2 saturated carbocycles. The van der Waals surface area contributed by atoms with Gasteiger partial charge < -0.3 is 5.11 Å². The van der Waals surface area contributed by atoms with Crippen LogP contribution in [0.1, 0.15) is 79.1 Å². The van der Waals surface area contributed by atoms with Gasteiger partial charge in [0.2, 0.25) is 0 Å². The molecular weight excluding hydrogens is 272 g/mol. The van der Waals surface area contributed by atoms with E-state index < -0.39 is 5.97 Å². The molecule has 1 N–H and O–H groups in total. The van der Waals surface area contributed by atoms with Gasteiger partial charge in [0.1, 0.15) is 0 Å². The third-order valence-electron chi connectivity index (χ3n) is 7.27. The first-order chi connectivity index (χ1) is 10.2. The zero-order valence-electron chi connectivity index (χ0n) is 15.0. The number of carboxylic acids is 1. The largest absolute Gasteiger partial charge is 0.481 e. The monoisotopic (exact) mass is 306 g/mol. The van der Waals surface area contributed by atoms with Crippen molar-refractivity contribution in [3.63, 3.8) is 0 Å². The van der Waals surface area contributed by atoms with Crippen molar-refractivity contribution in [1.29, 1.82) is 0 Å². The maximum absolute atomic E-state index is 10.9. The smallest absolute Gasteiger partial charge is 0.303 e. The predicted molar refractivity (Wildman–Crippen MR) is 91.7 cm³/mol. The fourth-order valence-corrected chi connectivity index (χ4v) is 5.35. The summed E-state index contributed by atoms with van der Waals surface area (Å²) in [5, 5.41) is 8.99. The average Bonchev–Trinajstić information content (AvgIpc) is 2.43. The predicted octanol–water partition coefficient (Wildman–Crippen LogP) is 5.68. The van der Waals surface area contributed by atoms with E-state index in [-0.39, 0.29) is 5.92 Å². The molecule has 0 aromatic carbocycles. The fourth-order valence-electron chi connectivity index (χ4n) is 5.35. The molecule has 0 aliphatic heterocycles. The number of aliphatic carboxylic acids is 1. The molecule has 126 valence electrons. The topological polar surface area (TPSA) is 37.3 Å². The second-order valence-electron chi connectivity index (χ2n) is 8.65. The highest BCUT2D eigenvalue weighted by Gasteiger charge is 2.53. The van der Waals surface area contributed by atoms with Gasteiger partial charge in [-0.3, -0.25) is 4.79 Å². The SMILES string of the molecule is C=C1CCC[C@@H]2[C@@](C)(CC[C@@H](C)CC(=O)O)[C@H](C)CC[C@@]12C. The van der Waals surface area contributed by atoms with Gasteiger partial charge in [-0.2, -0.15) is 0 Å². The van der Waals surface area contributed by atoms with Crippen LogP contribution in [0.5, 0.6) is 0 Å². The molecule has 0 radical (unpaired) electrons. The van der Waals surface area contributed by atoms with E-state index in [9.17, 15) is 4.79 Å². The van der Waals surface area contributed by atoms with Crippen LogP contribution in [-0.4, -0.2) is 11.1 Å². The molecule has 0 heterocycles. The number of hydrogen-bond acceptors (Lipinski definition) is 1. The van der Waals surface area contributed by atoms with Crippen LogP contribution in [0.2, 0.25) is 0 Å². The van der Waals surface area contributed by atoms with Crippen LogP contribution < -0.4 is 0 Å². The summed E-state index contributed by atoms with van der Waals surface area (Å²) in [4.78, 5) is 10.9. The standard InChI is InChI=1S/C20H34O2/c1-14(13-18(21)22)9-11-19(4)16(3)10-12-20(5)15(2)7-6-8-17(19)20/h14,16-17H,2,6-13H2,1,3-5H3,(H,21,22)/t14-,16-,17-,19+,20+/m1/s1. The summed E-state index contributed by atoms with van der Waals surface area (Å²) in [5.74, 6) is 1.07. The van der Waals surface area contributed by atoms with Crippen molar-refractivity contribution in [2.45, 2.75) is 79.1 Å². The highest BCUT2D eigenvalue weighted by molar-refractivity contribution is 5.66. The Labute approximate surface area is 136 Å². The Balaban J connectivity index is 2.14. The highest BCUT2D eigenvalue weighted by atomic mass is 16.4. The summed E-state index contributed by atoms with van der Waals surface area (Å²) < 4.78 is 0. The molecule has 0 bridgehead atoms. The van der Waals surface area contributed by atoms with E-state index in [0.717, 1.165) is 24.7 Å². The summed E-state index contributed by atoms with van der Waals surface area (Å²) in [7, 11) is 0. The Kier molecular flexibility index (Phi) is 5.09. The Morgan fingerprint density at radius 3 is 2.73 bits per heavy atom. The van der Waals surface area contributed by atoms with E-state index in [0.29, 0.717) is 17.3 Å². The van der Waals surface area contributed by atoms with E-state index in [1.807, 2.05) is 0 Å². The van der Waals surface area contributed by atoms with Crippen LogP contribution >= 0.6 is 0 Å². The highest BCUT2D eigenvalue weighted by Crippen LogP contribution is 2.62. The summed E-state index contributed by atoms with van der Waals surface area (Å²) in [6.45, 7) is 13.8. The molecule has 0 saturated heterocycles. The van der Waals surface area contributed by atoms with Gasteiger partial charge in [0.25, 0.3) is 0 Å². The normalized spacial score (nSPS) is 40.1. The summed E-state index contributed by atoms with van der Waals surface area (Å²) in [6, 6.07) is 0. The Hall–Kier alpha value is -0.790. The first-order valence-electron chi connectivity index (χ1n) is 9.10. The van der Waals surface area contributed by atoms with Crippen molar-refractivity contribution in [3.05, 3.63) is 12.2 Å². The number of allylic oxidation sites excluding steroid dienone is 1. The van der Waals surface area contributed by atoms with Crippen molar-refractivity contribution in [3.8, 4) is 0 Å². The molecule has 2 fully saturated rings. The second-order valence-corrected chi connectivity index (χ2v) is 8.65. The quantitative estimate of drug-likeness (QED) is 0.664. The zero-order chi connectivity index (χ0) is 16.5. The maximum Gasteiger partial charge on any atom is 0.303 e. The van der Waals surface area contributed by atoms with Gasteiger partial charge >= 0.3 is 5.97 Å². The third kappa shape index (κ3) is 3.12. The lowest BCUT2D eigenvalue weighted by atomic mass is 9.46. The van der Waals surface area contributed by atoms with Crippen molar-refractivity contribution >= 4 is 5.97 Å². The van der Waals surface area contributed by atoms with Crippen LogP contribution in [0, 0.1) is 28.6 Å². The molecule has 2 aliphatic rings. The number of fused-ring (bicyclic) bond motifs is 1. The number of hydrogen-bond donors (Lipinski definition) is 1. The molecule has 5 atom stereocenters. The van der Waals surface area contributed by atoms with E-state index in [1.54, 1.807) is 0 Å². The molecule has 0 unspecified atom stereocenters. The number of carbonyl (C=O) groups is 1. The molecule has 0 aromatic rings. The van der Waals surface area contributed by atoms with Crippen LogP contribution in [0.3, 0.4) is 0 Å². The van der Waals surface area contributed by atoms with E-state index in [4.69, 9.17) is 5.11 Å². The summed E-state index contributed by atoms with van der Waals surface area (Å²) >= 11 is 0. The van der Waals surface area contributed by atoms with Gasteiger partial charge in [0.05, 0.1) is 0 Å². The Morgan fingerprint density at radius 1 is 1.41 bits per heavy atom. The minimum absolute atomic E-state index is 0.279. The molecule has 2 aliphatic carbocycles. The minimum atomic E-state index is -0.662. The Bertz CT molecular complexity index is 441. The lowest BCUT2D eigenvalue weighted by Gasteiger charge is -2.59. The second kappa shape index (κ2) is 6.37. The van der Waals surface area contributed by atoms with Gasteiger partial charge in [0.15, 0.2) is 0 Å². The van der Waals surface area contributed by atoms with Crippen molar-refractivity contribution in [2.75, 3.05) is 0 Å². The molecule has 2 rings (SSSR count). The zero-order valence-corrected chi connectivity index (χ0v) is 15.0. The summed E-state index contributed by atoms with van der Waals surface area (Å²) in [5.41, 5.74) is 2.12. The molecule has 0 amide bonds. The molecule has 0 spiro atoms. The number of rotatable bonds is 5. The van der Waals surface area contributed by atoms with Crippen molar-refractivity contribution < 1.29 is 9.90 Å². The van der Waals surface area contributed by atoms with Gasteiger partial charge in [0, 0.05) is 6.42 Å². The molecule has 0 aromatic heterocycles. The lowest BCUT2D eigenvalue weighted by Crippen LogP contribution is -2.50. The van der Waals surface area contributed by atoms with Crippen molar-refractivity contribution in [1.82, 2.24) is 0 Å². The molecule has 2 heteroatoms. The maximum atomic E-state index is 10.9. The van der Waals surface area contributed by atoms with Gasteiger partial charge in [-0.15, -0.1) is 0 Å². The molecule has 2 nitrogen and oxygen atoms in total. The fraction of sp³-hybridized carbons (Fsp3) is 0.850.